The Kier molecular flexibility index (Phi) is 10.4. The molecule has 0 atom stereocenters. The summed E-state index contributed by atoms with van der Waals surface area (Å²) >= 11 is 0. The number of ether oxygens (including phenoxy) is 1. The molecule has 0 aliphatic heterocycles. The quantitative estimate of drug-likeness (QED) is 0.848. The zero-order valence-corrected chi connectivity index (χ0v) is 10.8. The SMILES string of the molecule is Br.Br.NCC(=O)OCc1ccncc1. The molecule has 0 aliphatic carbocycles. The molecule has 1 rings (SSSR count). The van der Waals surface area contributed by atoms with E-state index >= 15 is 0 Å². The van der Waals surface area contributed by atoms with E-state index in [9.17, 15) is 4.79 Å². The average molecular weight is 328 g/mol. The Labute approximate surface area is 103 Å². The van der Waals surface area contributed by atoms with E-state index in [1.807, 2.05) is 0 Å². The van der Waals surface area contributed by atoms with Crippen LogP contribution in [0.25, 0.3) is 0 Å². The van der Waals surface area contributed by atoms with E-state index in [0.717, 1.165) is 5.56 Å². The van der Waals surface area contributed by atoms with Gasteiger partial charge in [0.25, 0.3) is 0 Å². The number of nitrogens with zero attached hydrogens (tertiary/aromatic N) is 1. The summed E-state index contributed by atoms with van der Waals surface area (Å²) in [7, 11) is 0. The molecule has 6 heteroatoms. The molecule has 2 N–H and O–H groups in total. The van der Waals surface area contributed by atoms with Crippen molar-refractivity contribution in [3.05, 3.63) is 30.1 Å². The Morgan fingerprint density at radius 3 is 2.43 bits per heavy atom. The molecule has 1 aromatic heterocycles. The minimum Gasteiger partial charge on any atom is -0.460 e. The van der Waals surface area contributed by atoms with Gasteiger partial charge in [0, 0.05) is 12.4 Å². The summed E-state index contributed by atoms with van der Waals surface area (Å²) in [6, 6.07) is 3.56. The maximum absolute atomic E-state index is 10.6. The van der Waals surface area contributed by atoms with Crippen molar-refractivity contribution in [2.24, 2.45) is 5.73 Å². The Morgan fingerprint density at radius 1 is 1.36 bits per heavy atom. The average Bonchev–Trinajstić information content (AvgIpc) is 2.16. The largest absolute Gasteiger partial charge is 0.460 e. The van der Waals surface area contributed by atoms with Crippen molar-refractivity contribution in [1.82, 2.24) is 4.98 Å². The van der Waals surface area contributed by atoms with Crippen LogP contribution in [0.15, 0.2) is 24.5 Å². The fourth-order valence-electron chi connectivity index (χ4n) is 0.702. The van der Waals surface area contributed by atoms with Gasteiger partial charge in [-0.15, -0.1) is 34.0 Å². The lowest BCUT2D eigenvalue weighted by molar-refractivity contribution is -0.143. The number of pyridine rings is 1. The molecule has 0 saturated carbocycles. The van der Waals surface area contributed by atoms with Crippen LogP contribution in [-0.2, 0) is 16.1 Å². The van der Waals surface area contributed by atoms with Gasteiger partial charge >= 0.3 is 5.97 Å². The van der Waals surface area contributed by atoms with Crippen LogP contribution in [0.4, 0.5) is 0 Å². The summed E-state index contributed by atoms with van der Waals surface area (Å²) < 4.78 is 4.79. The van der Waals surface area contributed by atoms with Gasteiger partial charge in [-0.05, 0) is 17.7 Å². The van der Waals surface area contributed by atoms with Crippen molar-refractivity contribution < 1.29 is 9.53 Å². The van der Waals surface area contributed by atoms with Gasteiger partial charge < -0.3 is 10.5 Å². The van der Waals surface area contributed by atoms with Crippen LogP contribution >= 0.6 is 34.0 Å². The van der Waals surface area contributed by atoms with Gasteiger partial charge in [-0.3, -0.25) is 9.78 Å². The standard InChI is InChI=1S/C8H10N2O2.2BrH/c9-5-8(11)12-6-7-1-3-10-4-2-7;;/h1-4H,5-6,9H2;2*1H. The molecule has 0 unspecified atom stereocenters. The minimum absolute atomic E-state index is 0. The van der Waals surface area contributed by atoms with Gasteiger partial charge in [-0.2, -0.15) is 0 Å². The number of nitrogens with two attached hydrogens (primary N) is 1. The van der Waals surface area contributed by atoms with Crippen molar-refractivity contribution in [1.29, 1.82) is 0 Å². The third-order valence-electron chi connectivity index (χ3n) is 1.32. The number of esters is 1. The number of hydrogen-bond acceptors (Lipinski definition) is 4. The van der Waals surface area contributed by atoms with E-state index in [4.69, 9.17) is 10.5 Å². The van der Waals surface area contributed by atoms with Crippen LogP contribution in [0.5, 0.6) is 0 Å². The first-order valence-corrected chi connectivity index (χ1v) is 3.57. The molecule has 0 amide bonds. The van der Waals surface area contributed by atoms with Crippen molar-refractivity contribution >= 4 is 39.9 Å². The zero-order valence-electron chi connectivity index (χ0n) is 7.38. The van der Waals surface area contributed by atoms with E-state index in [0.29, 0.717) is 0 Å². The number of halogens is 2. The molecule has 0 spiro atoms. The third-order valence-corrected chi connectivity index (χ3v) is 1.32. The van der Waals surface area contributed by atoms with E-state index in [2.05, 4.69) is 4.98 Å². The molecule has 1 aromatic rings. The maximum atomic E-state index is 10.6. The summed E-state index contributed by atoms with van der Waals surface area (Å²) in [5.41, 5.74) is 5.96. The lowest BCUT2D eigenvalue weighted by Crippen LogP contribution is -2.16. The fourth-order valence-corrected chi connectivity index (χ4v) is 0.702. The number of carbonyl (C=O) groups is 1. The number of rotatable bonds is 3. The van der Waals surface area contributed by atoms with Crippen molar-refractivity contribution in [3.63, 3.8) is 0 Å². The topological polar surface area (TPSA) is 65.2 Å². The Hall–Kier alpha value is -0.460. The van der Waals surface area contributed by atoms with Gasteiger partial charge in [0.15, 0.2) is 0 Å². The van der Waals surface area contributed by atoms with Crippen LogP contribution < -0.4 is 5.73 Å². The Morgan fingerprint density at radius 2 is 1.93 bits per heavy atom. The van der Waals surface area contributed by atoms with Gasteiger partial charge in [0.2, 0.25) is 0 Å². The summed E-state index contributed by atoms with van der Waals surface area (Å²) in [5, 5.41) is 0. The van der Waals surface area contributed by atoms with Crippen LogP contribution in [-0.4, -0.2) is 17.5 Å². The van der Waals surface area contributed by atoms with Gasteiger partial charge in [0.1, 0.15) is 6.61 Å². The highest BCUT2D eigenvalue weighted by Crippen LogP contribution is 1.97. The lowest BCUT2D eigenvalue weighted by Gasteiger charge is -2.01. The molecular weight excluding hydrogens is 316 g/mol. The third kappa shape index (κ3) is 6.06. The summed E-state index contributed by atoms with van der Waals surface area (Å²) in [4.78, 5) is 14.4. The molecule has 0 aromatic carbocycles. The second-order valence-electron chi connectivity index (χ2n) is 2.22. The molecule has 0 aliphatic rings. The zero-order chi connectivity index (χ0) is 8.81. The molecule has 14 heavy (non-hydrogen) atoms. The Balaban J connectivity index is 0. The van der Waals surface area contributed by atoms with Gasteiger partial charge in [0.05, 0.1) is 6.54 Å². The Bertz CT molecular complexity index is 257. The molecule has 0 fully saturated rings. The number of hydrogen-bond donors (Lipinski definition) is 1. The van der Waals surface area contributed by atoms with Crippen molar-refractivity contribution in [2.45, 2.75) is 6.61 Å². The van der Waals surface area contributed by atoms with Crippen LogP contribution in [0, 0.1) is 0 Å². The fraction of sp³-hybridized carbons (Fsp3) is 0.250. The normalized spacial score (nSPS) is 8.07. The van der Waals surface area contributed by atoms with Gasteiger partial charge in [-0.25, -0.2) is 0 Å². The second kappa shape index (κ2) is 9.11. The smallest absolute Gasteiger partial charge is 0.320 e. The van der Waals surface area contributed by atoms with E-state index in [-0.39, 0.29) is 47.1 Å². The first-order valence-electron chi connectivity index (χ1n) is 3.57. The minimum atomic E-state index is -0.396. The maximum Gasteiger partial charge on any atom is 0.320 e. The highest BCUT2D eigenvalue weighted by atomic mass is 79.9. The summed E-state index contributed by atoms with van der Waals surface area (Å²) in [6.45, 7) is 0.184. The second-order valence-corrected chi connectivity index (χ2v) is 2.22. The van der Waals surface area contributed by atoms with Crippen LogP contribution in [0.1, 0.15) is 5.56 Å². The first kappa shape index (κ1) is 16.0. The van der Waals surface area contributed by atoms with Crippen LogP contribution in [0.3, 0.4) is 0 Å². The monoisotopic (exact) mass is 326 g/mol. The summed E-state index contributed by atoms with van der Waals surface area (Å²) in [5.74, 6) is -0.396. The molecule has 1 heterocycles. The number of carbonyl (C=O) groups excluding carboxylic acids is 1. The predicted molar refractivity (Wildman–Crippen MR) is 63.7 cm³/mol. The van der Waals surface area contributed by atoms with E-state index < -0.39 is 5.97 Å². The molecule has 80 valence electrons. The van der Waals surface area contributed by atoms with Gasteiger partial charge in [-0.1, -0.05) is 0 Å². The predicted octanol–water partition coefficient (Wildman–Crippen LogP) is 1.24. The highest BCUT2D eigenvalue weighted by molar-refractivity contribution is 8.93. The highest BCUT2D eigenvalue weighted by Gasteiger charge is 1.98. The van der Waals surface area contributed by atoms with Crippen molar-refractivity contribution in [2.75, 3.05) is 6.54 Å². The molecule has 0 saturated heterocycles. The molecular formula is C8H12Br2N2O2. The first-order chi connectivity index (χ1) is 5.83. The molecule has 0 bridgehead atoms. The van der Waals surface area contributed by atoms with E-state index in [1.54, 1.807) is 24.5 Å². The molecule has 0 radical (unpaired) electrons. The molecule has 4 nitrogen and oxygen atoms in total. The van der Waals surface area contributed by atoms with Crippen LogP contribution in [0.2, 0.25) is 0 Å². The number of aromatic nitrogens is 1. The lowest BCUT2D eigenvalue weighted by atomic mass is 10.3. The van der Waals surface area contributed by atoms with Crippen molar-refractivity contribution in [3.8, 4) is 0 Å². The summed E-state index contributed by atoms with van der Waals surface area (Å²) in [6.07, 6.45) is 3.29. The van der Waals surface area contributed by atoms with E-state index in [1.165, 1.54) is 0 Å².